The van der Waals surface area contributed by atoms with Gasteiger partial charge in [-0.3, -0.25) is 9.59 Å². The van der Waals surface area contributed by atoms with Crippen LogP contribution in [0.2, 0.25) is 0 Å². The van der Waals surface area contributed by atoms with E-state index < -0.39 is 0 Å². The minimum absolute atomic E-state index is 0.00999. The average Bonchev–Trinajstić information content (AvgIpc) is 2.73. The summed E-state index contributed by atoms with van der Waals surface area (Å²) < 4.78 is 5.13. The van der Waals surface area contributed by atoms with Crippen LogP contribution < -0.4 is 4.74 Å². The molecule has 0 aromatic heterocycles. The Kier molecular flexibility index (Phi) is 5.84. The molecule has 0 aliphatic heterocycles. The number of hydrogen-bond donors (Lipinski definition) is 1. The van der Waals surface area contributed by atoms with E-state index in [0.29, 0.717) is 11.1 Å². The van der Waals surface area contributed by atoms with Gasteiger partial charge in [0.05, 0.1) is 13.7 Å². The quantitative estimate of drug-likeness (QED) is 0.796. The first-order valence-corrected chi connectivity index (χ1v) is 9.04. The van der Waals surface area contributed by atoms with E-state index in [0.717, 1.165) is 37.0 Å². The number of methoxy groups -OCH3 is 1. The fraction of sp³-hybridized carbons (Fsp3) is 0.364. The third kappa shape index (κ3) is 4.02. The maximum Gasteiger partial charge on any atom is 0.165 e. The van der Waals surface area contributed by atoms with Crippen LogP contribution in [0.4, 0.5) is 0 Å². The minimum atomic E-state index is -0.0208. The molecule has 2 aromatic rings. The number of ether oxygens (including phenoxy) is 1. The summed E-state index contributed by atoms with van der Waals surface area (Å²) in [6.07, 6.45) is 2.98. The van der Waals surface area contributed by atoms with Crippen LogP contribution in [0.5, 0.6) is 5.75 Å². The predicted molar refractivity (Wildman–Crippen MR) is 99.5 cm³/mol. The molecule has 1 aliphatic carbocycles. The first-order chi connectivity index (χ1) is 12.6. The molecular weight excluding hydrogens is 328 g/mol. The summed E-state index contributed by atoms with van der Waals surface area (Å²) in [5.41, 5.74) is 2.20. The van der Waals surface area contributed by atoms with Gasteiger partial charge in [-0.15, -0.1) is 0 Å². The molecule has 2 aromatic carbocycles. The number of Topliss-reactive ketones (excluding diaryl/α,β-unsaturated/α-hetero) is 2. The lowest BCUT2D eigenvalue weighted by Gasteiger charge is -2.27. The second kappa shape index (κ2) is 8.28. The van der Waals surface area contributed by atoms with E-state index in [4.69, 9.17) is 9.84 Å². The number of ketones is 2. The predicted octanol–water partition coefficient (Wildman–Crippen LogP) is 4.06. The topological polar surface area (TPSA) is 63.6 Å². The van der Waals surface area contributed by atoms with Crippen LogP contribution in [0, 0.1) is 11.8 Å². The highest BCUT2D eigenvalue weighted by atomic mass is 16.5. The second-order valence-electron chi connectivity index (χ2n) is 6.86. The monoisotopic (exact) mass is 352 g/mol. The highest BCUT2D eigenvalue weighted by molar-refractivity contribution is 5.99. The zero-order valence-electron chi connectivity index (χ0n) is 15.0. The van der Waals surface area contributed by atoms with E-state index in [-0.39, 0.29) is 30.0 Å². The van der Waals surface area contributed by atoms with E-state index in [9.17, 15) is 9.59 Å². The van der Waals surface area contributed by atoms with Crippen molar-refractivity contribution < 1.29 is 19.4 Å². The van der Waals surface area contributed by atoms with Gasteiger partial charge < -0.3 is 9.84 Å². The summed E-state index contributed by atoms with van der Waals surface area (Å²) in [4.78, 5) is 25.3. The van der Waals surface area contributed by atoms with Crippen molar-refractivity contribution in [3.8, 4) is 5.75 Å². The number of hydrogen-bond acceptors (Lipinski definition) is 4. The van der Waals surface area contributed by atoms with Gasteiger partial charge >= 0.3 is 0 Å². The van der Waals surface area contributed by atoms with Gasteiger partial charge in [0.1, 0.15) is 5.75 Å². The smallest absolute Gasteiger partial charge is 0.165 e. The summed E-state index contributed by atoms with van der Waals surface area (Å²) in [5.74, 6) is 1.01. The van der Waals surface area contributed by atoms with Crippen LogP contribution in [-0.4, -0.2) is 23.8 Å². The zero-order chi connectivity index (χ0) is 18.5. The largest absolute Gasteiger partial charge is 0.497 e. The van der Waals surface area contributed by atoms with Gasteiger partial charge in [-0.2, -0.15) is 0 Å². The molecule has 1 saturated carbocycles. The summed E-state index contributed by atoms with van der Waals surface area (Å²) in [7, 11) is 1.60. The summed E-state index contributed by atoms with van der Waals surface area (Å²) in [6, 6.07) is 14.3. The van der Waals surface area contributed by atoms with Crippen molar-refractivity contribution in [2.75, 3.05) is 7.11 Å². The lowest BCUT2D eigenvalue weighted by atomic mass is 9.76. The van der Waals surface area contributed by atoms with Crippen LogP contribution in [0.25, 0.3) is 0 Å². The summed E-state index contributed by atoms with van der Waals surface area (Å²) in [6.45, 7) is -0.0208. The fourth-order valence-corrected chi connectivity index (χ4v) is 3.62. The van der Waals surface area contributed by atoms with Crippen LogP contribution in [0.15, 0.2) is 48.5 Å². The van der Waals surface area contributed by atoms with Crippen molar-refractivity contribution in [2.24, 2.45) is 11.8 Å². The normalized spacial score (nSPS) is 19.8. The molecule has 3 rings (SSSR count). The second-order valence-corrected chi connectivity index (χ2v) is 6.86. The molecule has 0 spiro atoms. The van der Waals surface area contributed by atoms with Gasteiger partial charge in [-0.05, 0) is 55.5 Å². The van der Waals surface area contributed by atoms with Crippen molar-refractivity contribution in [3.63, 3.8) is 0 Å². The Bertz CT molecular complexity index is 686. The summed E-state index contributed by atoms with van der Waals surface area (Å²) >= 11 is 0. The Balaban J connectivity index is 1.59. The maximum atomic E-state index is 12.7. The molecule has 0 radical (unpaired) electrons. The van der Waals surface area contributed by atoms with Crippen molar-refractivity contribution in [1.29, 1.82) is 0 Å². The molecule has 1 N–H and O–H groups in total. The third-order valence-electron chi connectivity index (χ3n) is 5.26. The Morgan fingerprint density at radius 1 is 0.846 bits per heavy atom. The first-order valence-electron chi connectivity index (χ1n) is 9.04. The molecule has 1 aliphatic rings. The molecule has 4 nitrogen and oxygen atoms in total. The van der Waals surface area contributed by atoms with E-state index in [1.807, 2.05) is 0 Å². The molecule has 4 heteroatoms. The van der Waals surface area contributed by atoms with E-state index in [1.165, 1.54) is 0 Å². The Morgan fingerprint density at radius 3 is 1.65 bits per heavy atom. The van der Waals surface area contributed by atoms with Crippen molar-refractivity contribution >= 4 is 11.6 Å². The molecule has 26 heavy (non-hydrogen) atoms. The Hall–Kier alpha value is -2.46. The summed E-state index contributed by atoms with van der Waals surface area (Å²) in [5, 5.41) is 9.10. The SMILES string of the molecule is COc1ccc(C(=O)C2CCC(C(=O)c3ccc(CO)cc3)CC2)cc1. The highest BCUT2D eigenvalue weighted by Gasteiger charge is 2.30. The Labute approximate surface area is 153 Å². The third-order valence-corrected chi connectivity index (χ3v) is 5.26. The number of carbonyl (C=O) groups is 2. The first kappa shape index (κ1) is 18.3. The molecule has 0 bridgehead atoms. The van der Waals surface area contributed by atoms with Crippen LogP contribution >= 0.6 is 0 Å². The van der Waals surface area contributed by atoms with Gasteiger partial charge in [-0.1, -0.05) is 24.3 Å². The van der Waals surface area contributed by atoms with Crippen molar-refractivity contribution in [3.05, 3.63) is 65.2 Å². The number of rotatable bonds is 6. The Morgan fingerprint density at radius 2 is 1.27 bits per heavy atom. The van der Waals surface area contributed by atoms with Gasteiger partial charge in [0, 0.05) is 23.0 Å². The number of aliphatic hydroxyl groups is 1. The van der Waals surface area contributed by atoms with Crippen LogP contribution in [-0.2, 0) is 6.61 Å². The van der Waals surface area contributed by atoms with E-state index >= 15 is 0 Å². The highest BCUT2D eigenvalue weighted by Crippen LogP contribution is 2.33. The lowest BCUT2D eigenvalue weighted by Crippen LogP contribution is -2.26. The number of carbonyl (C=O) groups excluding carboxylic acids is 2. The van der Waals surface area contributed by atoms with Crippen LogP contribution in [0.1, 0.15) is 52.0 Å². The molecule has 0 heterocycles. The molecule has 0 saturated heterocycles. The van der Waals surface area contributed by atoms with Crippen molar-refractivity contribution in [2.45, 2.75) is 32.3 Å². The molecule has 0 atom stereocenters. The fourth-order valence-electron chi connectivity index (χ4n) is 3.62. The van der Waals surface area contributed by atoms with Gasteiger partial charge in [0.25, 0.3) is 0 Å². The minimum Gasteiger partial charge on any atom is -0.497 e. The maximum absolute atomic E-state index is 12.7. The zero-order valence-corrected chi connectivity index (χ0v) is 15.0. The van der Waals surface area contributed by atoms with Gasteiger partial charge in [-0.25, -0.2) is 0 Å². The standard InChI is InChI=1S/C22H24O4/c1-26-20-12-10-19(11-13-20)22(25)18-8-6-17(7-9-18)21(24)16-4-2-15(14-23)3-5-16/h2-5,10-13,17-18,23H,6-9,14H2,1H3. The van der Waals surface area contributed by atoms with Crippen molar-refractivity contribution in [1.82, 2.24) is 0 Å². The van der Waals surface area contributed by atoms with Crippen LogP contribution in [0.3, 0.4) is 0 Å². The van der Waals surface area contributed by atoms with E-state index in [1.54, 1.807) is 55.6 Å². The molecule has 0 amide bonds. The number of aliphatic hydroxyl groups excluding tert-OH is 1. The van der Waals surface area contributed by atoms with E-state index in [2.05, 4.69) is 0 Å². The molecule has 136 valence electrons. The van der Waals surface area contributed by atoms with Gasteiger partial charge in [0.2, 0.25) is 0 Å². The average molecular weight is 352 g/mol. The molecular formula is C22H24O4. The van der Waals surface area contributed by atoms with Gasteiger partial charge in [0.15, 0.2) is 11.6 Å². The molecule has 1 fully saturated rings. The lowest BCUT2D eigenvalue weighted by molar-refractivity contribution is 0.0797. The molecule has 0 unspecified atom stereocenters. The number of benzene rings is 2.